The highest BCUT2D eigenvalue weighted by Gasteiger charge is 2.38. The predicted molar refractivity (Wildman–Crippen MR) is 73.3 cm³/mol. The highest BCUT2D eigenvalue weighted by molar-refractivity contribution is 6.33. The molecule has 1 aliphatic carbocycles. The minimum Gasteiger partial charge on any atom is -0.379 e. The first-order chi connectivity index (χ1) is 8.74. The lowest BCUT2D eigenvalue weighted by molar-refractivity contribution is 1.00. The predicted octanol–water partition coefficient (Wildman–Crippen LogP) is 3.75. The highest BCUT2D eigenvalue weighted by Crippen LogP contribution is 2.43. The van der Waals surface area contributed by atoms with Gasteiger partial charge in [-0.3, -0.25) is 0 Å². The zero-order valence-corrected chi connectivity index (χ0v) is 11.0. The van der Waals surface area contributed by atoms with Gasteiger partial charge in [-0.2, -0.15) is 0 Å². The summed E-state index contributed by atoms with van der Waals surface area (Å²) in [5.41, 5.74) is 2.10. The fourth-order valence-corrected chi connectivity index (χ4v) is 2.37. The van der Waals surface area contributed by atoms with Crippen molar-refractivity contribution in [3.05, 3.63) is 52.3 Å². The molecule has 1 heterocycles. The van der Waals surface area contributed by atoms with Gasteiger partial charge < -0.3 is 5.32 Å². The zero-order valence-electron chi connectivity index (χ0n) is 9.48. The second-order valence-corrected chi connectivity index (χ2v) is 5.12. The van der Waals surface area contributed by atoms with E-state index in [1.807, 2.05) is 6.07 Å². The van der Waals surface area contributed by atoms with Gasteiger partial charge in [0, 0.05) is 18.0 Å². The molecule has 3 rings (SSSR count). The standard InChI is InChI=1S/C13H11Cl2N3/c14-12-7-11(13(15)18-17-12)16-10-6-9(10)8-4-2-1-3-5-8/h1-5,7,9-10H,6H2,(H,16,17). The summed E-state index contributed by atoms with van der Waals surface area (Å²) in [5, 5.41) is 11.5. The number of aromatic nitrogens is 2. The molecular weight excluding hydrogens is 269 g/mol. The highest BCUT2D eigenvalue weighted by atomic mass is 35.5. The number of nitrogens with one attached hydrogen (secondary N) is 1. The summed E-state index contributed by atoms with van der Waals surface area (Å²) in [6.07, 6.45) is 1.10. The van der Waals surface area contributed by atoms with E-state index in [0.29, 0.717) is 22.3 Å². The summed E-state index contributed by atoms with van der Waals surface area (Å²) in [7, 11) is 0. The second kappa shape index (κ2) is 4.75. The summed E-state index contributed by atoms with van der Waals surface area (Å²) in [5.74, 6) is 0.536. The average molecular weight is 280 g/mol. The van der Waals surface area contributed by atoms with Gasteiger partial charge in [0.2, 0.25) is 0 Å². The molecule has 2 unspecified atom stereocenters. The Morgan fingerprint density at radius 1 is 1.11 bits per heavy atom. The molecule has 1 fully saturated rings. The third kappa shape index (κ3) is 2.42. The van der Waals surface area contributed by atoms with Crippen LogP contribution in [-0.4, -0.2) is 16.2 Å². The van der Waals surface area contributed by atoms with Gasteiger partial charge in [-0.15, -0.1) is 10.2 Å². The monoisotopic (exact) mass is 279 g/mol. The van der Waals surface area contributed by atoms with Crippen LogP contribution in [0.4, 0.5) is 5.69 Å². The van der Waals surface area contributed by atoms with E-state index >= 15 is 0 Å². The quantitative estimate of drug-likeness (QED) is 0.930. The molecule has 0 bridgehead atoms. The van der Waals surface area contributed by atoms with E-state index in [0.717, 1.165) is 12.1 Å². The molecule has 18 heavy (non-hydrogen) atoms. The minimum atomic E-state index is 0.346. The van der Waals surface area contributed by atoms with Gasteiger partial charge >= 0.3 is 0 Å². The molecule has 2 aromatic rings. The van der Waals surface area contributed by atoms with Gasteiger partial charge in [-0.05, 0) is 12.0 Å². The maximum Gasteiger partial charge on any atom is 0.174 e. The lowest BCUT2D eigenvalue weighted by Crippen LogP contribution is -2.05. The van der Waals surface area contributed by atoms with E-state index in [1.54, 1.807) is 6.07 Å². The van der Waals surface area contributed by atoms with E-state index in [-0.39, 0.29) is 0 Å². The fraction of sp³-hybridized carbons (Fsp3) is 0.231. The van der Waals surface area contributed by atoms with Crippen LogP contribution in [0.2, 0.25) is 10.3 Å². The Kier molecular flexibility index (Phi) is 3.10. The van der Waals surface area contributed by atoms with E-state index in [9.17, 15) is 0 Å². The zero-order chi connectivity index (χ0) is 12.5. The summed E-state index contributed by atoms with van der Waals surface area (Å²) in [6.45, 7) is 0. The van der Waals surface area contributed by atoms with E-state index in [1.165, 1.54) is 5.56 Å². The number of halogens is 2. The SMILES string of the molecule is Clc1cc(NC2CC2c2ccccc2)c(Cl)nn1. The van der Waals surface area contributed by atoms with Crippen LogP contribution in [0.5, 0.6) is 0 Å². The van der Waals surface area contributed by atoms with Crippen molar-refractivity contribution in [3.63, 3.8) is 0 Å². The summed E-state index contributed by atoms with van der Waals surface area (Å²) < 4.78 is 0. The number of rotatable bonds is 3. The second-order valence-electron chi connectivity index (χ2n) is 4.38. The van der Waals surface area contributed by atoms with Crippen LogP contribution in [0.15, 0.2) is 36.4 Å². The molecule has 1 N–H and O–H groups in total. The molecule has 0 amide bonds. The molecule has 1 aliphatic rings. The lowest BCUT2D eigenvalue weighted by Gasteiger charge is -2.07. The van der Waals surface area contributed by atoms with Crippen LogP contribution >= 0.6 is 23.2 Å². The van der Waals surface area contributed by atoms with Crippen molar-refractivity contribution in [3.8, 4) is 0 Å². The number of hydrogen-bond acceptors (Lipinski definition) is 3. The number of anilines is 1. The molecule has 2 atom stereocenters. The van der Waals surface area contributed by atoms with Crippen molar-refractivity contribution < 1.29 is 0 Å². The van der Waals surface area contributed by atoms with Crippen LogP contribution in [0.1, 0.15) is 17.9 Å². The number of hydrogen-bond donors (Lipinski definition) is 1. The molecule has 1 aromatic carbocycles. The van der Waals surface area contributed by atoms with Gasteiger partial charge in [0.1, 0.15) is 0 Å². The van der Waals surface area contributed by atoms with Gasteiger partial charge in [-0.1, -0.05) is 53.5 Å². The molecule has 3 nitrogen and oxygen atoms in total. The first-order valence-electron chi connectivity index (χ1n) is 5.74. The van der Waals surface area contributed by atoms with E-state index in [4.69, 9.17) is 23.2 Å². The topological polar surface area (TPSA) is 37.8 Å². The summed E-state index contributed by atoms with van der Waals surface area (Å²) in [6, 6.07) is 12.5. The molecule has 0 aliphatic heterocycles. The number of nitrogens with zero attached hydrogens (tertiary/aromatic N) is 2. The average Bonchev–Trinajstić information content (AvgIpc) is 3.14. The maximum absolute atomic E-state index is 5.97. The van der Waals surface area contributed by atoms with Crippen molar-refractivity contribution in [1.82, 2.24) is 10.2 Å². The van der Waals surface area contributed by atoms with Gasteiger partial charge in [0.05, 0.1) is 5.69 Å². The Morgan fingerprint density at radius 2 is 1.89 bits per heavy atom. The largest absolute Gasteiger partial charge is 0.379 e. The van der Waals surface area contributed by atoms with E-state index in [2.05, 4.69) is 39.8 Å². The first-order valence-corrected chi connectivity index (χ1v) is 6.50. The van der Waals surface area contributed by atoms with Gasteiger partial charge in [-0.25, -0.2) is 0 Å². The molecular formula is C13H11Cl2N3. The Morgan fingerprint density at radius 3 is 2.67 bits per heavy atom. The van der Waals surface area contributed by atoms with E-state index < -0.39 is 0 Å². The molecule has 0 spiro atoms. The molecule has 0 saturated heterocycles. The van der Waals surface area contributed by atoms with Crippen LogP contribution in [0.3, 0.4) is 0 Å². The molecule has 1 saturated carbocycles. The minimum absolute atomic E-state index is 0.346. The normalized spacial score (nSPS) is 21.7. The van der Waals surface area contributed by atoms with Crippen molar-refractivity contribution >= 4 is 28.9 Å². The Labute approximate surface area is 115 Å². The molecule has 5 heteroatoms. The van der Waals surface area contributed by atoms with Crippen LogP contribution in [0, 0.1) is 0 Å². The van der Waals surface area contributed by atoms with Crippen LogP contribution in [-0.2, 0) is 0 Å². The summed E-state index contributed by atoms with van der Waals surface area (Å²) >= 11 is 11.8. The lowest BCUT2D eigenvalue weighted by atomic mass is 10.1. The Balaban J connectivity index is 1.71. The van der Waals surface area contributed by atoms with Gasteiger partial charge in [0.25, 0.3) is 0 Å². The third-order valence-corrected chi connectivity index (χ3v) is 3.54. The van der Waals surface area contributed by atoms with Crippen molar-refractivity contribution in [2.45, 2.75) is 18.4 Å². The van der Waals surface area contributed by atoms with Crippen molar-refractivity contribution in [2.75, 3.05) is 5.32 Å². The van der Waals surface area contributed by atoms with Crippen LogP contribution in [0.25, 0.3) is 0 Å². The van der Waals surface area contributed by atoms with Gasteiger partial charge in [0.15, 0.2) is 10.3 Å². The Hall–Kier alpha value is -1.32. The molecule has 92 valence electrons. The molecule has 0 radical (unpaired) electrons. The van der Waals surface area contributed by atoms with Crippen LogP contribution < -0.4 is 5.32 Å². The summed E-state index contributed by atoms with van der Waals surface area (Å²) in [4.78, 5) is 0. The smallest absolute Gasteiger partial charge is 0.174 e. The van der Waals surface area contributed by atoms with Crippen molar-refractivity contribution in [1.29, 1.82) is 0 Å². The molecule has 1 aromatic heterocycles. The van der Waals surface area contributed by atoms with Crippen molar-refractivity contribution in [2.24, 2.45) is 0 Å². The number of benzene rings is 1. The Bertz CT molecular complexity index is 559. The maximum atomic E-state index is 5.97. The fourth-order valence-electron chi connectivity index (χ4n) is 2.08. The third-order valence-electron chi connectivity index (χ3n) is 3.08. The first kappa shape index (κ1) is 11.8.